The molecule has 0 unspecified atom stereocenters. The molecule has 2 aromatic rings. The highest BCUT2D eigenvalue weighted by Crippen LogP contribution is 2.22. The molecular weight excluding hydrogens is 344 g/mol. The Bertz CT molecular complexity index is 803. The van der Waals surface area contributed by atoms with Crippen LogP contribution in [0, 0.1) is 17.0 Å². The van der Waals surface area contributed by atoms with E-state index >= 15 is 0 Å². The van der Waals surface area contributed by atoms with E-state index in [1.165, 1.54) is 12.1 Å². The van der Waals surface area contributed by atoms with E-state index in [1.807, 2.05) is 37.7 Å². The molecule has 144 valence electrons. The lowest BCUT2D eigenvalue weighted by molar-refractivity contribution is -0.384. The van der Waals surface area contributed by atoms with Crippen molar-refractivity contribution < 1.29 is 9.72 Å². The highest BCUT2D eigenvalue weighted by atomic mass is 16.6. The molecule has 2 rings (SSSR count). The molecular formula is C20H26N4O3. The fraction of sp³-hybridized carbons (Fsp3) is 0.350. The van der Waals surface area contributed by atoms with Crippen LogP contribution < -0.4 is 10.2 Å². The number of nitro benzene ring substituents is 1. The van der Waals surface area contributed by atoms with Crippen molar-refractivity contribution in [2.45, 2.75) is 20.4 Å². The number of hydrogen-bond donors (Lipinski definition) is 1. The Kier molecular flexibility index (Phi) is 6.90. The van der Waals surface area contributed by atoms with E-state index in [0.29, 0.717) is 12.2 Å². The fourth-order valence-corrected chi connectivity index (χ4v) is 2.69. The summed E-state index contributed by atoms with van der Waals surface area (Å²) < 4.78 is 0. The van der Waals surface area contributed by atoms with Gasteiger partial charge in [-0.15, -0.1) is 0 Å². The summed E-state index contributed by atoms with van der Waals surface area (Å²) in [5, 5.41) is 13.7. The summed E-state index contributed by atoms with van der Waals surface area (Å²) in [6.07, 6.45) is 0. The number of aryl methyl sites for hydroxylation is 1. The van der Waals surface area contributed by atoms with Crippen molar-refractivity contribution in [2.24, 2.45) is 0 Å². The molecule has 7 heteroatoms. The Labute approximate surface area is 159 Å². The van der Waals surface area contributed by atoms with Gasteiger partial charge >= 0.3 is 0 Å². The molecule has 27 heavy (non-hydrogen) atoms. The third kappa shape index (κ3) is 5.79. The highest BCUT2D eigenvalue weighted by Gasteiger charge is 2.14. The first-order chi connectivity index (χ1) is 12.8. The van der Waals surface area contributed by atoms with Crippen LogP contribution in [0.1, 0.15) is 18.1 Å². The van der Waals surface area contributed by atoms with E-state index in [9.17, 15) is 14.9 Å². The maximum atomic E-state index is 12.4. The first-order valence-corrected chi connectivity index (χ1v) is 8.83. The number of amides is 1. The largest absolute Gasteiger partial charge is 0.378 e. The lowest BCUT2D eigenvalue weighted by Gasteiger charge is -2.21. The number of benzene rings is 2. The van der Waals surface area contributed by atoms with Crippen LogP contribution in [-0.2, 0) is 11.3 Å². The number of carbonyl (C=O) groups is 1. The number of anilines is 2. The van der Waals surface area contributed by atoms with E-state index in [1.54, 1.807) is 6.07 Å². The van der Waals surface area contributed by atoms with Crippen LogP contribution in [-0.4, -0.2) is 42.9 Å². The molecule has 1 N–H and O–H groups in total. The van der Waals surface area contributed by atoms with Gasteiger partial charge in [0, 0.05) is 38.5 Å². The zero-order valence-corrected chi connectivity index (χ0v) is 16.2. The van der Waals surface area contributed by atoms with Gasteiger partial charge in [0.1, 0.15) is 0 Å². The zero-order valence-electron chi connectivity index (χ0n) is 16.2. The number of hydrogen-bond acceptors (Lipinski definition) is 5. The number of nitrogens with zero attached hydrogens (tertiary/aromatic N) is 3. The monoisotopic (exact) mass is 370 g/mol. The van der Waals surface area contributed by atoms with E-state index in [-0.39, 0.29) is 18.1 Å². The number of likely N-dealkylation sites (N-methyl/N-ethyl adjacent to an activating group) is 1. The molecule has 0 saturated heterocycles. The minimum absolute atomic E-state index is 0.0378. The maximum Gasteiger partial charge on any atom is 0.271 e. The van der Waals surface area contributed by atoms with Gasteiger partial charge in [-0.3, -0.25) is 19.8 Å². The summed E-state index contributed by atoms with van der Waals surface area (Å²) in [6.45, 7) is 5.40. The van der Waals surface area contributed by atoms with Gasteiger partial charge in [0.2, 0.25) is 5.91 Å². The quantitative estimate of drug-likeness (QED) is 0.569. The normalized spacial score (nSPS) is 10.7. The predicted molar refractivity (Wildman–Crippen MR) is 108 cm³/mol. The van der Waals surface area contributed by atoms with Crippen molar-refractivity contribution in [1.29, 1.82) is 0 Å². The highest BCUT2D eigenvalue weighted by molar-refractivity contribution is 5.93. The molecule has 1 amide bonds. The van der Waals surface area contributed by atoms with E-state index in [0.717, 1.165) is 23.4 Å². The third-order valence-corrected chi connectivity index (χ3v) is 4.38. The van der Waals surface area contributed by atoms with Crippen molar-refractivity contribution >= 4 is 23.0 Å². The topological polar surface area (TPSA) is 78.7 Å². The number of rotatable bonds is 8. The molecule has 2 aromatic carbocycles. The Balaban J connectivity index is 2.00. The van der Waals surface area contributed by atoms with Crippen molar-refractivity contribution in [3.8, 4) is 0 Å². The van der Waals surface area contributed by atoms with Crippen LogP contribution in [0.4, 0.5) is 17.1 Å². The second kappa shape index (κ2) is 9.14. The van der Waals surface area contributed by atoms with Gasteiger partial charge < -0.3 is 10.2 Å². The summed E-state index contributed by atoms with van der Waals surface area (Å²) in [4.78, 5) is 26.9. The lowest BCUT2D eigenvalue weighted by atomic mass is 10.1. The molecule has 0 saturated carbocycles. The molecule has 0 heterocycles. The van der Waals surface area contributed by atoms with Crippen molar-refractivity contribution in [1.82, 2.24) is 4.90 Å². The first kappa shape index (κ1) is 20.4. The molecule has 0 spiro atoms. The van der Waals surface area contributed by atoms with Crippen LogP contribution in [0.3, 0.4) is 0 Å². The van der Waals surface area contributed by atoms with Crippen molar-refractivity contribution in [3.05, 3.63) is 63.7 Å². The Hall–Kier alpha value is -2.93. The van der Waals surface area contributed by atoms with Crippen LogP contribution in [0.15, 0.2) is 42.5 Å². The molecule has 0 radical (unpaired) electrons. The van der Waals surface area contributed by atoms with Crippen LogP contribution in [0.5, 0.6) is 0 Å². The van der Waals surface area contributed by atoms with Crippen molar-refractivity contribution in [2.75, 3.05) is 37.4 Å². The third-order valence-electron chi connectivity index (χ3n) is 4.38. The number of nitrogens with one attached hydrogen (secondary N) is 1. The first-order valence-electron chi connectivity index (χ1n) is 8.83. The summed E-state index contributed by atoms with van der Waals surface area (Å²) in [5.74, 6) is -0.189. The molecule has 0 aliphatic rings. The van der Waals surface area contributed by atoms with E-state index in [2.05, 4.69) is 29.6 Å². The second-order valence-corrected chi connectivity index (χ2v) is 6.67. The van der Waals surface area contributed by atoms with E-state index < -0.39 is 4.92 Å². The van der Waals surface area contributed by atoms with Crippen LogP contribution in [0.2, 0.25) is 0 Å². The Morgan fingerprint density at radius 2 is 1.81 bits per heavy atom. The summed E-state index contributed by atoms with van der Waals surface area (Å²) in [7, 11) is 3.99. The number of carbonyl (C=O) groups excluding carboxylic acids is 1. The van der Waals surface area contributed by atoms with Gasteiger partial charge in [-0.2, -0.15) is 0 Å². The van der Waals surface area contributed by atoms with Gasteiger partial charge in [0.05, 0.1) is 17.2 Å². The second-order valence-electron chi connectivity index (χ2n) is 6.67. The maximum absolute atomic E-state index is 12.4. The SMILES string of the molecule is CCN(CC(=O)Nc1cc([N+](=O)[O-])ccc1C)Cc1ccc(N(C)C)cc1. The minimum atomic E-state index is -0.467. The molecule has 0 aliphatic heterocycles. The smallest absolute Gasteiger partial charge is 0.271 e. The Morgan fingerprint density at radius 1 is 1.15 bits per heavy atom. The molecule has 0 aliphatic carbocycles. The van der Waals surface area contributed by atoms with Crippen LogP contribution >= 0.6 is 0 Å². The fourth-order valence-electron chi connectivity index (χ4n) is 2.69. The molecule has 7 nitrogen and oxygen atoms in total. The Morgan fingerprint density at radius 3 is 2.37 bits per heavy atom. The average Bonchev–Trinajstić information content (AvgIpc) is 2.63. The van der Waals surface area contributed by atoms with Crippen LogP contribution in [0.25, 0.3) is 0 Å². The molecule has 0 aromatic heterocycles. The van der Waals surface area contributed by atoms with E-state index in [4.69, 9.17) is 0 Å². The van der Waals surface area contributed by atoms with Gasteiger partial charge in [-0.1, -0.05) is 25.1 Å². The zero-order chi connectivity index (χ0) is 20.0. The van der Waals surface area contributed by atoms with Crippen molar-refractivity contribution in [3.63, 3.8) is 0 Å². The standard InChI is InChI=1S/C20H26N4O3/c1-5-23(13-16-7-10-17(11-8-16)22(3)4)14-20(25)21-19-12-18(24(26)27)9-6-15(19)2/h6-12H,5,13-14H2,1-4H3,(H,21,25). The van der Waals surface area contributed by atoms with Gasteiger partial charge in [-0.05, 0) is 36.7 Å². The summed E-state index contributed by atoms with van der Waals surface area (Å²) >= 11 is 0. The van der Waals surface area contributed by atoms with Gasteiger partial charge in [0.15, 0.2) is 0 Å². The summed E-state index contributed by atoms with van der Waals surface area (Å²) in [5.41, 5.74) is 3.48. The lowest BCUT2D eigenvalue weighted by Crippen LogP contribution is -2.32. The minimum Gasteiger partial charge on any atom is -0.378 e. The molecule has 0 fully saturated rings. The number of nitro groups is 1. The predicted octanol–water partition coefficient (Wildman–Crippen LogP) is 3.43. The number of non-ortho nitro benzene ring substituents is 1. The average molecular weight is 370 g/mol. The van der Waals surface area contributed by atoms with Gasteiger partial charge in [0.25, 0.3) is 5.69 Å². The van der Waals surface area contributed by atoms with Gasteiger partial charge in [-0.25, -0.2) is 0 Å². The molecule has 0 bridgehead atoms. The molecule has 0 atom stereocenters. The summed E-state index contributed by atoms with van der Waals surface area (Å²) in [6, 6.07) is 12.7.